The summed E-state index contributed by atoms with van der Waals surface area (Å²) in [5.41, 5.74) is 0. The summed E-state index contributed by atoms with van der Waals surface area (Å²) < 4.78 is 5.26. The molecule has 1 rings (SSSR count). The van der Waals surface area contributed by atoms with E-state index < -0.39 is 0 Å². The van der Waals surface area contributed by atoms with Crippen LogP contribution in [0.25, 0.3) is 0 Å². The summed E-state index contributed by atoms with van der Waals surface area (Å²) in [5.74, 6) is -0.0802. The van der Waals surface area contributed by atoms with Crippen molar-refractivity contribution in [3.8, 4) is 6.07 Å². The lowest BCUT2D eigenvalue weighted by atomic mass is 10.1. The Morgan fingerprint density at radius 1 is 1.80 bits per heavy atom. The molecule has 1 fully saturated rings. The molecule has 0 aromatic rings. The number of likely N-dealkylation sites (N-methyl/N-ethyl adjacent to an activating group) is 1. The zero-order valence-corrected chi connectivity index (χ0v) is 9.19. The number of morpholine rings is 1. The second-order valence-electron chi connectivity index (χ2n) is 3.50. The second kappa shape index (κ2) is 5.69. The molecular weight excluding hydrogens is 194 g/mol. The number of ether oxygens (including phenoxy) is 1. The van der Waals surface area contributed by atoms with E-state index in [0.717, 1.165) is 6.42 Å². The van der Waals surface area contributed by atoms with Crippen LogP contribution < -0.4 is 5.32 Å². The number of carbonyl (C=O) groups is 1. The van der Waals surface area contributed by atoms with E-state index >= 15 is 0 Å². The molecule has 0 aromatic carbocycles. The Labute approximate surface area is 90.0 Å². The van der Waals surface area contributed by atoms with Gasteiger partial charge in [-0.1, -0.05) is 6.92 Å². The number of nitrogens with one attached hydrogen (secondary N) is 1. The number of nitriles is 1. The largest absolute Gasteiger partial charge is 0.378 e. The number of nitrogens with zero attached hydrogens (tertiary/aromatic N) is 2. The SMILES string of the molecule is CCC(C#N)N1CCOCC1C(=O)NC. The Kier molecular flexibility index (Phi) is 4.53. The van der Waals surface area contributed by atoms with Gasteiger partial charge in [0.2, 0.25) is 5.91 Å². The Balaban J connectivity index is 2.73. The predicted molar refractivity (Wildman–Crippen MR) is 55.1 cm³/mol. The third-order valence-corrected chi connectivity index (χ3v) is 2.65. The summed E-state index contributed by atoms with van der Waals surface area (Å²) in [7, 11) is 1.60. The van der Waals surface area contributed by atoms with Crippen molar-refractivity contribution >= 4 is 5.91 Å². The van der Waals surface area contributed by atoms with Gasteiger partial charge in [0.15, 0.2) is 0 Å². The van der Waals surface area contributed by atoms with Crippen LogP contribution in [0.1, 0.15) is 13.3 Å². The molecule has 1 aliphatic rings. The zero-order valence-electron chi connectivity index (χ0n) is 9.19. The van der Waals surface area contributed by atoms with E-state index in [1.54, 1.807) is 7.05 Å². The first-order valence-electron chi connectivity index (χ1n) is 5.19. The van der Waals surface area contributed by atoms with E-state index in [1.807, 2.05) is 11.8 Å². The molecule has 1 heterocycles. The Bertz CT molecular complexity index is 262. The maximum Gasteiger partial charge on any atom is 0.239 e. The standard InChI is InChI=1S/C10H17N3O2/c1-3-8(6-11)13-4-5-15-7-9(13)10(14)12-2/h8-9H,3-5,7H2,1-2H3,(H,12,14). The van der Waals surface area contributed by atoms with E-state index in [9.17, 15) is 4.79 Å². The number of amides is 1. The van der Waals surface area contributed by atoms with Crippen LogP contribution in [0, 0.1) is 11.3 Å². The van der Waals surface area contributed by atoms with Gasteiger partial charge in [0.1, 0.15) is 6.04 Å². The molecule has 0 spiro atoms. The lowest BCUT2D eigenvalue weighted by Crippen LogP contribution is -2.56. The molecule has 5 nitrogen and oxygen atoms in total. The molecule has 0 radical (unpaired) electrons. The fraction of sp³-hybridized carbons (Fsp3) is 0.800. The summed E-state index contributed by atoms with van der Waals surface area (Å²) in [6.45, 7) is 3.55. The fourth-order valence-corrected chi connectivity index (χ4v) is 1.78. The van der Waals surface area contributed by atoms with Crippen molar-refractivity contribution in [2.75, 3.05) is 26.8 Å². The molecule has 2 atom stereocenters. The minimum Gasteiger partial charge on any atom is -0.378 e. The van der Waals surface area contributed by atoms with Crippen LogP contribution in [0.3, 0.4) is 0 Å². The summed E-state index contributed by atoms with van der Waals surface area (Å²) in [6.07, 6.45) is 0.726. The van der Waals surface area contributed by atoms with Crippen molar-refractivity contribution in [2.24, 2.45) is 0 Å². The summed E-state index contributed by atoms with van der Waals surface area (Å²) in [6, 6.07) is 1.70. The average molecular weight is 211 g/mol. The Morgan fingerprint density at radius 2 is 2.53 bits per heavy atom. The van der Waals surface area contributed by atoms with Crippen molar-refractivity contribution < 1.29 is 9.53 Å². The molecule has 1 amide bonds. The third-order valence-electron chi connectivity index (χ3n) is 2.65. The van der Waals surface area contributed by atoms with E-state index in [2.05, 4.69) is 11.4 Å². The van der Waals surface area contributed by atoms with Crippen LogP contribution >= 0.6 is 0 Å². The van der Waals surface area contributed by atoms with Crippen LogP contribution in [-0.4, -0.2) is 49.7 Å². The van der Waals surface area contributed by atoms with Gasteiger partial charge >= 0.3 is 0 Å². The van der Waals surface area contributed by atoms with Gasteiger partial charge < -0.3 is 10.1 Å². The molecule has 0 aromatic heterocycles. The lowest BCUT2D eigenvalue weighted by molar-refractivity contribution is -0.133. The highest BCUT2D eigenvalue weighted by molar-refractivity contribution is 5.81. The molecule has 5 heteroatoms. The molecule has 0 bridgehead atoms. The maximum absolute atomic E-state index is 11.6. The first kappa shape index (κ1) is 12.0. The molecule has 0 saturated carbocycles. The highest BCUT2D eigenvalue weighted by Gasteiger charge is 2.32. The highest BCUT2D eigenvalue weighted by Crippen LogP contribution is 2.13. The van der Waals surface area contributed by atoms with Crippen molar-refractivity contribution in [3.05, 3.63) is 0 Å². The van der Waals surface area contributed by atoms with Crippen molar-refractivity contribution in [1.82, 2.24) is 10.2 Å². The summed E-state index contributed by atoms with van der Waals surface area (Å²) in [4.78, 5) is 13.5. The Morgan fingerprint density at radius 3 is 3.07 bits per heavy atom. The van der Waals surface area contributed by atoms with Gasteiger partial charge in [0.05, 0.1) is 25.3 Å². The molecule has 15 heavy (non-hydrogen) atoms. The highest BCUT2D eigenvalue weighted by atomic mass is 16.5. The van der Waals surface area contributed by atoms with Crippen LogP contribution in [-0.2, 0) is 9.53 Å². The molecule has 1 saturated heterocycles. The molecule has 1 N–H and O–H groups in total. The van der Waals surface area contributed by atoms with Crippen molar-refractivity contribution in [3.63, 3.8) is 0 Å². The van der Waals surface area contributed by atoms with Crippen LogP contribution in [0.4, 0.5) is 0 Å². The quantitative estimate of drug-likeness (QED) is 0.698. The number of hydrogen-bond donors (Lipinski definition) is 1. The zero-order chi connectivity index (χ0) is 11.3. The average Bonchev–Trinajstić information content (AvgIpc) is 2.30. The van der Waals surface area contributed by atoms with Crippen LogP contribution in [0.5, 0.6) is 0 Å². The van der Waals surface area contributed by atoms with Gasteiger partial charge in [-0.25, -0.2) is 0 Å². The van der Waals surface area contributed by atoms with Crippen LogP contribution in [0.15, 0.2) is 0 Å². The molecule has 0 aliphatic carbocycles. The minimum atomic E-state index is -0.326. The first-order chi connectivity index (χ1) is 7.24. The number of carbonyl (C=O) groups excluding carboxylic acids is 1. The third kappa shape index (κ3) is 2.67. The van der Waals surface area contributed by atoms with E-state index in [4.69, 9.17) is 10.00 Å². The molecule has 1 aliphatic heterocycles. The minimum absolute atomic E-state index is 0.0802. The summed E-state index contributed by atoms with van der Waals surface area (Å²) in [5, 5.41) is 11.6. The lowest BCUT2D eigenvalue weighted by Gasteiger charge is -2.36. The first-order valence-corrected chi connectivity index (χ1v) is 5.19. The van der Waals surface area contributed by atoms with Crippen LogP contribution in [0.2, 0.25) is 0 Å². The topological polar surface area (TPSA) is 65.4 Å². The molecular formula is C10H17N3O2. The van der Waals surface area contributed by atoms with Gasteiger partial charge in [-0.3, -0.25) is 9.69 Å². The normalized spacial score (nSPS) is 24.2. The van der Waals surface area contributed by atoms with Gasteiger partial charge in [-0.05, 0) is 6.42 Å². The van der Waals surface area contributed by atoms with Crippen molar-refractivity contribution in [1.29, 1.82) is 5.26 Å². The fourth-order valence-electron chi connectivity index (χ4n) is 1.78. The van der Waals surface area contributed by atoms with E-state index in [0.29, 0.717) is 19.8 Å². The van der Waals surface area contributed by atoms with Gasteiger partial charge in [0, 0.05) is 13.6 Å². The Hall–Kier alpha value is -1.12. The van der Waals surface area contributed by atoms with E-state index in [-0.39, 0.29) is 18.0 Å². The second-order valence-corrected chi connectivity index (χ2v) is 3.50. The molecule has 84 valence electrons. The smallest absolute Gasteiger partial charge is 0.239 e. The van der Waals surface area contributed by atoms with Gasteiger partial charge in [-0.15, -0.1) is 0 Å². The molecule has 2 unspecified atom stereocenters. The predicted octanol–water partition coefficient (Wildman–Crippen LogP) is -0.265. The van der Waals surface area contributed by atoms with Gasteiger partial charge in [-0.2, -0.15) is 5.26 Å². The van der Waals surface area contributed by atoms with E-state index in [1.165, 1.54) is 0 Å². The van der Waals surface area contributed by atoms with Gasteiger partial charge in [0.25, 0.3) is 0 Å². The number of hydrogen-bond acceptors (Lipinski definition) is 4. The monoisotopic (exact) mass is 211 g/mol. The maximum atomic E-state index is 11.6. The van der Waals surface area contributed by atoms with Crippen molar-refractivity contribution in [2.45, 2.75) is 25.4 Å². The number of rotatable bonds is 3. The summed E-state index contributed by atoms with van der Waals surface area (Å²) >= 11 is 0.